The normalized spacial score (nSPS) is 14.1. The third-order valence-corrected chi connectivity index (χ3v) is 2.27. The molecule has 0 rings (SSSR count). The zero-order valence-corrected chi connectivity index (χ0v) is 9.20. The van der Waals surface area contributed by atoms with Crippen molar-refractivity contribution >= 4 is 11.9 Å². The minimum absolute atomic E-state index is 0.0142. The fourth-order valence-corrected chi connectivity index (χ4v) is 0.901. The Bertz CT molecular complexity index is 279. The summed E-state index contributed by atoms with van der Waals surface area (Å²) in [6.45, 7) is 4.49. The minimum Gasteiger partial charge on any atom is -0.478 e. The number of carboxylic acids is 1. The van der Waals surface area contributed by atoms with Crippen molar-refractivity contribution in [1.82, 2.24) is 5.32 Å². The van der Waals surface area contributed by atoms with E-state index in [4.69, 9.17) is 10.2 Å². The van der Waals surface area contributed by atoms with Gasteiger partial charge >= 0.3 is 5.97 Å². The summed E-state index contributed by atoms with van der Waals surface area (Å²) in [4.78, 5) is 22.1. The second-order valence-corrected chi connectivity index (χ2v) is 3.32. The lowest BCUT2D eigenvalue weighted by molar-refractivity contribution is -0.133. The number of amides is 1. The lowest BCUT2D eigenvalue weighted by Crippen LogP contribution is -2.37. The minimum atomic E-state index is -1.11. The second-order valence-electron chi connectivity index (χ2n) is 3.32. The van der Waals surface area contributed by atoms with Crippen LogP contribution in [0.1, 0.15) is 27.2 Å². The van der Waals surface area contributed by atoms with Gasteiger partial charge in [0.2, 0.25) is 5.91 Å². The number of rotatable bonds is 5. The van der Waals surface area contributed by atoms with Crippen molar-refractivity contribution in [3.8, 4) is 0 Å². The highest BCUT2D eigenvalue weighted by molar-refractivity contribution is 6.01. The SMILES string of the molecule is CCC(CO)NC(=O)C(C)=C(C)C(=O)O. The largest absolute Gasteiger partial charge is 0.478 e. The molecule has 15 heavy (non-hydrogen) atoms. The first kappa shape index (κ1) is 13.6. The first-order valence-electron chi connectivity index (χ1n) is 4.76. The van der Waals surface area contributed by atoms with Crippen molar-refractivity contribution in [3.63, 3.8) is 0 Å². The molecule has 3 N–H and O–H groups in total. The molecule has 1 atom stereocenters. The van der Waals surface area contributed by atoms with Crippen LogP contribution in [0.2, 0.25) is 0 Å². The van der Waals surface area contributed by atoms with E-state index in [-0.39, 0.29) is 23.8 Å². The van der Waals surface area contributed by atoms with Crippen LogP contribution in [0, 0.1) is 0 Å². The Morgan fingerprint density at radius 3 is 2.13 bits per heavy atom. The molecule has 0 aliphatic heterocycles. The van der Waals surface area contributed by atoms with E-state index in [2.05, 4.69) is 5.32 Å². The fourth-order valence-electron chi connectivity index (χ4n) is 0.901. The number of aliphatic hydroxyl groups is 1. The maximum atomic E-state index is 11.5. The van der Waals surface area contributed by atoms with E-state index in [0.717, 1.165) is 0 Å². The van der Waals surface area contributed by atoms with E-state index in [1.165, 1.54) is 13.8 Å². The summed E-state index contributed by atoms with van der Waals surface area (Å²) in [5.41, 5.74) is 0.176. The van der Waals surface area contributed by atoms with Crippen LogP contribution in [0.5, 0.6) is 0 Å². The lowest BCUT2D eigenvalue weighted by Gasteiger charge is -2.14. The summed E-state index contributed by atoms with van der Waals surface area (Å²) in [5, 5.41) is 20.1. The Balaban J connectivity index is 4.59. The van der Waals surface area contributed by atoms with Gasteiger partial charge in [0.1, 0.15) is 0 Å². The van der Waals surface area contributed by atoms with Crippen LogP contribution < -0.4 is 5.32 Å². The summed E-state index contributed by atoms with van der Waals surface area (Å²) in [7, 11) is 0. The summed E-state index contributed by atoms with van der Waals surface area (Å²) >= 11 is 0. The number of aliphatic hydroxyl groups excluding tert-OH is 1. The van der Waals surface area contributed by atoms with Crippen LogP contribution in [0.15, 0.2) is 11.1 Å². The highest BCUT2D eigenvalue weighted by atomic mass is 16.4. The van der Waals surface area contributed by atoms with Crippen LogP contribution in [-0.2, 0) is 9.59 Å². The van der Waals surface area contributed by atoms with E-state index < -0.39 is 11.9 Å². The number of carboxylic acid groups (broad SMARTS) is 1. The average Bonchev–Trinajstić information content (AvgIpc) is 2.23. The molecule has 1 unspecified atom stereocenters. The summed E-state index contributed by atoms with van der Waals surface area (Å²) in [5.74, 6) is -1.56. The number of hydrogen-bond acceptors (Lipinski definition) is 3. The maximum Gasteiger partial charge on any atom is 0.331 e. The van der Waals surface area contributed by atoms with Gasteiger partial charge in [-0.1, -0.05) is 6.92 Å². The molecule has 1 amide bonds. The van der Waals surface area contributed by atoms with Gasteiger partial charge in [-0.3, -0.25) is 4.79 Å². The molecule has 0 radical (unpaired) electrons. The van der Waals surface area contributed by atoms with Gasteiger partial charge in [0.25, 0.3) is 0 Å². The van der Waals surface area contributed by atoms with E-state index in [9.17, 15) is 9.59 Å². The zero-order valence-electron chi connectivity index (χ0n) is 9.20. The van der Waals surface area contributed by atoms with Gasteiger partial charge in [0.15, 0.2) is 0 Å². The van der Waals surface area contributed by atoms with Crippen LogP contribution in [0.4, 0.5) is 0 Å². The molecule has 0 fully saturated rings. The molecular weight excluding hydrogens is 198 g/mol. The van der Waals surface area contributed by atoms with Crippen molar-refractivity contribution in [2.75, 3.05) is 6.61 Å². The number of nitrogens with one attached hydrogen (secondary N) is 1. The molecule has 5 nitrogen and oxygen atoms in total. The molecule has 0 heterocycles. The number of carbonyl (C=O) groups excluding carboxylic acids is 1. The number of carbonyl (C=O) groups is 2. The van der Waals surface area contributed by atoms with Crippen molar-refractivity contribution in [3.05, 3.63) is 11.1 Å². The highest BCUT2D eigenvalue weighted by Crippen LogP contribution is 2.04. The van der Waals surface area contributed by atoms with Crippen LogP contribution >= 0.6 is 0 Å². The standard InChI is InChI=1S/C10H17NO4/c1-4-8(5-12)11-9(13)6(2)7(3)10(14)15/h8,12H,4-5H2,1-3H3,(H,11,13)(H,14,15). The molecule has 5 heteroatoms. The highest BCUT2D eigenvalue weighted by Gasteiger charge is 2.15. The third-order valence-electron chi connectivity index (χ3n) is 2.27. The quantitative estimate of drug-likeness (QED) is 0.575. The number of aliphatic carboxylic acids is 1. The van der Waals surface area contributed by atoms with Gasteiger partial charge in [0, 0.05) is 11.1 Å². The number of hydrogen-bond donors (Lipinski definition) is 3. The van der Waals surface area contributed by atoms with Gasteiger partial charge < -0.3 is 15.5 Å². The molecule has 0 saturated heterocycles. The Morgan fingerprint density at radius 2 is 1.80 bits per heavy atom. The van der Waals surface area contributed by atoms with Gasteiger partial charge in [0.05, 0.1) is 12.6 Å². The van der Waals surface area contributed by atoms with Gasteiger partial charge in [-0.25, -0.2) is 4.79 Å². The Labute approximate surface area is 88.8 Å². The Morgan fingerprint density at radius 1 is 1.27 bits per heavy atom. The molecular formula is C10H17NO4. The van der Waals surface area contributed by atoms with Crippen molar-refractivity contribution in [1.29, 1.82) is 0 Å². The van der Waals surface area contributed by atoms with Crippen molar-refractivity contribution < 1.29 is 19.8 Å². The van der Waals surface area contributed by atoms with Crippen molar-refractivity contribution in [2.24, 2.45) is 0 Å². The monoisotopic (exact) mass is 215 g/mol. The van der Waals surface area contributed by atoms with E-state index in [1.54, 1.807) is 0 Å². The molecule has 86 valence electrons. The summed E-state index contributed by atoms with van der Waals surface area (Å²) < 4.78 is 0. The molecule has 0 aromatic heterocycles. The van der Waals surface area contributed by atoms with E-state index in [0.29, 0.717) is 6.42 Å². The van der Waals surface area contributed by atoms with Crippen LogP contribution in [0.25, 0.3) is 0 Å². The molecule has 0 saturated carbocycles. The smallest absolute Gasteiger partial charge is 0.331 e. The van der Waals surface area contributed by atoms with Gasteiger partial charge in [-0.2, -0.15) is 0 Å². The van der Waals surface area contributed by atoms with Gasteiger partial charge in [-0.05, 0) is 20.3 Å². The topological polar surface area (TPSA) is 86.6 Å². The Hall–Kier alpha value is -1.36. The summed E-state index contributed by atoms with van der Waals surface area (Å²) in [6, 6.07) is -0.325. The fraction of sp³-hybridized carbons (Fsp3) is 0.600. The first-order valence-corrected chi connectivity index (χ1v) is 4.76. The molecule has 0 spiro atoms. The molecule has 0 aromatic carbocycles. The van der Waals surface area contributed by atoms with Crippen LogP contribution in [-0.4, -0.2) is 34.7 Å². The van der Waals surface area contributed by atoms with Crippen molar-refractivity contribution in [2.45, 2.75) is 33.2 Å². The van der Waals surface area contributed by atoms with E-state index in [1.807, 2.05) is 6.92 Å². The zero-order chi connectivity index (χ0) is 12.0. The predicted octanol–water partition coefficient (Wildman–Crippen LogP) is 0.295. The van der Waals surface area contributed by atoms with Crippen LogP contribution in [0.3, 0.4) is 0 Å². The first-order chi connectivity index (χ1) is 6.93. The predicted molar refractivity (Wildman–Crippen MR) is 55.3 cm³/mol. The summed E-state index contributed by atoms with van der Waals surface area (Å²) in [6.07, 6.45) is 0.599. The Kier molecular flexibility index (Phi) is 5.62. The van der Waals surface area contributed by atoms with Gasteiger partial charge in [-0.15, -0.1) is 0 Å². The molecule has 0 aromatic rings. The third kappa shape index (κ3) is 4.12. The lowest BCUT2D eigenvalue weighted by atomic mass is 10.1. The molecule has 0 bridgehead atoms. The average molecular weight is 215 g/mol. The molecule has 0 aliphatic carbocycles. The van der Waals surface area contributed by atoms with E-state index >= 15 is 0 Å². The second kappa shape index (κ2) is 6.19. The maximum absolute atomic E-state index is 11.5. The molecule has 0 aliphatic rings.